The highest BCUT2D eigenvalue weighted by Gasteiger charge is 2.39. The number of thioether (sulfide) groups is 2. The normalized spacial score (nSPS) is 15.4. The molecule has 7 nitrogen and oxygen atoms in total. The van der Waals surface area contributed by atoms with Gasteiger partial charge in [0.1, 0.15) is 10.5 Å². The summed E-state index contributed by atoms with van der Waals surface area (Å²) in [6.07, 6.45) is 5.71. The maximum atomic E-state index is 13.6. The van der Waals surface area contributed by atoms with Crippen molar-refractivity contribution in [2.24, 2.45) is 5.73 Å². The molecule has 1 aliphatic rings. The molecule has 38 heavy (non-hydrogen) atoms. The maximum absolute atomic E-state index is 13.6. The molecule has 2 N–H and O–H groups in total. The molecule has 0 saturated heterocycles. The van der Waals surface area contributed by atoms with Crippen LogP contribution in [0.15, 0.2) is 68.7 Å². The number of carbonyl (C=O) groups is 2. The van der Waals surface area contributed by atoms with E-state index in [1.807, 2.05) is 61.0 Å². The van der Waals surface area contributed by atoms with Crippen LogP contribution < -0.4 is 20.5 Å². The van der Waals surface area contributed by atoms with Gasteiger partial charge in [0.15, 0.2) is 0 Å². The number of benzene rings is 2. The van der Waals surface area contributed by atoms with Crippen LogP contribution in [-0.2, 0) is 19.1 Å². The largest absolute Gasteiger partial charge is 0.463 e. The van der Waals surface area contributed by atoms with E-state index in [-0.39, 0.29) is 30.2 Å². The number of aromatic nitrogens is 1. The average Bonchev–Trinajstić information content (AvgIpc) is 3.24. The second-order valence-electron chi connectivity index (χ2n) is 8.19. The molecule has 1 unspecified atom stereocenters. The Hall–Kier alpha value is -3.21. The van der Waals surface area contributed by atoms with Crippen molar-refractivity contribution in [1.82, 2.24) is 4.57 Å². The summed E-state index contributed by atoms with van der Waals surface area (Å²) in [6.45, 7) is 3.63. The summed E-state index contributed by atoms with van der Waals surface area (Å²) in [6, 6.07) is 15.3. The molecular weight excluding hydrogens is 541 g/mol. The monoisotopic (exact) mass is 568 g/mol. The zero-order chi connectivity index (χ0) is 27.4. The zero-order valence-electron chi connectivity index (χ0n) is 21.5. The molecule has 10 heteroatoms. The summed E-state index contributed by atoms with van der Waals surface area (Å²) in [4.78, 5) is 42.5. The number of nitrogens with zero attached hydrogens (tertiary/aromatic N) is 1. The fourth-order valence-electron chi connectivity index (χ4n) is 4.24. The van der Waals surface area contributed by atoms with Crippen molar-refractivity contribution in [2.45, 2.75) is 29.6 Å². The van der Waals surface area contributed by atoms with E-state index < -0.39 is 23.4 Å². The molecule has 1 aromatic heterocycles. The van der Waals surface area contributed by atoms with Gasteiger partial charge in [-0.2, -0.15) is 0 Å². The average molecular weight is 569 g/mol. The van der Waals surface area contributed by atoms with Gasteiger partial charge in [0.25, 0.3) is 5.56 Å². The molecule has 0 saturated carbocycles. The maximum Gasteiger partial charge on any atom is 0.338 e. The van der Waals surface area contributed by atoms with E-state index in [1.54, 1.807) is 43.4 Å². The van der Waals surface area contributed by atoms with Crippen LogP contribution >= 0.6 is 34.9 Å². The van der Waals surface area contributed by atoms with Gasteiger partial charge >= 0.3 is 11.9 Å². The first-order chi connectivity index (χ1) is 18.3. The summed E-state index contributed by atoms with van der Waals surface area (Å²) in [7, 11) is 0. The second kappa shape index (κ2) is 12.1. The Balaban J connectivity index is 2.06. The van der Waals surface area contributed by atoms with Crippen LogP contribution in [0.1, 0.15) is 30.9 Å². The molecule has 0 fully saturated rings. The molecule has 4 rings (SSSR count). The Morgan fingerprint density at radius 3 is 1.97 bits per heavy atom. The number of ether oxygens (including phenoxy) is 2. The first kappa shape index (κ1) is 27.8. The Kier molecular flexibility index (Phi) is 8.86. The van der Waals surface area contributed by atoms with Gasteiger partial charge in [0.05, 0.1) is 34.8 Å². The molecule has 1 atom stereocenters. The molecule has 0 spiro atoms. The van der Waals surface area contributed by atoms with Gasteiger partial charge < -0.3 is 15.2 Å². The smallest absolute Gasteiger partial charge is 0.338 e. The minimum atomic E-state index is -0.865. The van der Waals surface area contributed by atoms with Crippen LogP contribution in [0.2, 0.25) is 0 Å². The standard InChI is InChI=1S/C28H28N2O5S3/c1-5-34-27(32)22-21(17-9-13-19(37-4)14-10-17)23(28(33)35-6-2)26-30(24(22)29)25(31)20(38-26)15-16-7-11-18(36-3)12-8-16/h7-15,21H,5-6,29H2,1-4H3/b20-15+. The molecule has 3 aromatic rings. The van der Waals surface area contributed by atoms with Gasteiger partial charge in [-0.3, -0.25) is 9.36 Å². The topological polar surface area (TPSA) is 101 Å². The van der Waals surface area contributed by atoms with E-state index in [1.165, 1.54) is 4.57 Å². The van der Waals surface area contributed by atoms with Crippen LogP contribution in [-0.4, -0.2) is 42.2 Å². The van der Waals surface area contributed by atoms with E-state index >= 15 is 0 Å². The number of hydrogen-bond donors (Lipinski definition) is 1. The second-order valence-corrected chi connectivity index (χ2v) is 11.0. The third-order valence-corrected chi connectivity index (χ3v) is 8.60. The number of nitrogens with two attached hydrogens (primary N) is 1. The van der Waals surface area contributed by atoms with Crippen LogP contribution in [0.4, 0.5) is 0 Å². The number of carbonyl (C=O) groups excluding carboxylic acids is 2. The van der Waals surface area contributed by atoms with Crippen LogP contribution in [0, 0.1) is 0 Å². The molecule has 0 bridgehead atoms. The summed E-state index contributed by atoms with van der Waals surface area (Å²) >= 11 is 4.35. The molecule has 2 heterocycles. The van der Waals surface area contributed by atoms with Crippen LogP contribution in [0.5, 0.6) is 0 Å². The van der Waals surface area contributed by atoms with Crippen molar-refractivity contribution in [3.63, 3.8) is 0 Å². The minimum Gasteiger partial charge on any atom is -0.463 e. The summed E-state index contributed by atoms with van der Waals surface area (Å²) in [5.41, 5.74) is 7.84. The van der Waals surface area contributed by atoms with Crippen LogP contribution in [0.25, 0.3) is 17.5 Å². The molecule has 198 valence electrons. The van der Waals surface area contributed by atoms with E-state index in [0.717, 1.165) is 26.7 Å². The quantitative estimate of drug-likeness (QED) is 0.326. The highest BCUT2D eigenvalue weighted by atomic mass is 32.2. The summed E-state index contributed by atoms with van der Waals surface area (Å²) in [5.74, 6) is -2.22. The first-order valence-electron chi connectivity index (χ1n) is 11.9. The van der Waals surface area contributed by atoms with E-state index in [4.69, 9.17) is 15.2 Å². The Labute approximate surface area is 233 Å². The predicted octanol–water partition coefficient (Wildman–Crippen LogP) is 3.38. The molecule has 1 aliphatic heterocycles. The highest BCUT2D eigenvalue weighted by molar-refractivity contribution is 7.98. The van der Waals surface area contributed by atoms with Crippen molar-refractivity contribution < 1.29 is 19.1 Å². The van der Waals surface area contributed by atoms with Gasteiger partial charge in [0, 0.05) is 9.79 Å². The van der Waals surface area contributed by atoms with Gasteiger partial charge in [0.2, 0.25) is 0 Å². The van der Waals surface area contributed by atoms with E-state index in [9.17, 15) is 14.4 Å². The lowest BCUT2D eigenvalue weighted by Gasteiger charge is -2.27. The predicted molar refractivity (Wildman–Crippen MR) is 155 cm³/mol. The summed E-state index contributed by atoms with van der Waals surface area (Å²) < 4.78 is 12.7. The zero-order valence-corrected chi connectivity index (χ0v) is 23.9. The van der Waals surface area contributed by atoms with Crippen LogP contribution in [0.3, 0.4) is 0 Å². The lowest BCUT2D eigenvalue weighted by atomic mass is 9.83. The SMILES string of the molecule is CCOC(=O)C1=C(N)n2c(s/c(=C/c3ccc(SC)cc3)c2=O)=C(C(=O)OCC)C1c1ccc(SC)cc1. The summed E-state index contributed by atoms with van der Waals surface area (Å²) in [5, 5.41) is 0. The Morgan fingerprint density at radius 1 is 0.921 bits per heavy atom. The molecule has 0 amide bonds. The Morgan fingerprint density at radius 2 is 1.45 bits per heavy atom. The van der Waals surface area contributed by atoms with Crippen molar-refractivity contribution >= 4 is 64.3 Å². The van der Waals surface area contributed by atoms with Crippen molar-refractivity contribution in [3.05, 3.63) is 84.8 Å². The lowest BCUT2D eigenvalue weighted by molar-refractivity contribution is -0.138. The first-order valence-corrected chi connectivity index (χ1v) is 15.2. The van der Waals surface area contributed by atoms with Gasteiger partial charge in [-0.15, -0.1) is 34.9 Å². The minimum absolute atomic E-state index is 0.0371. The van der Waals surface area contributed by atoms with Gasteiger partial charge in [-0.25, -0.2) is 9.59 Å². The third-order valence-electron chi connectivity index (χ3n) is 6.00. The highest BCUT2D eigenvalue weighted by Crippen LogP contribution is 2.38. The van der Waals surface area contributed by atoms with Gasteiger partial charge in [-0.1, -0.05) is 24.3 Å². The molecular formula is C28H28N2O5S3. The van der Waals surface area contributed by atoms with Crippen molar-refractivity contribution in [1.29, 1.82) is 0 Å². The van der Waals surface area contributed by atoms with Crippen molar-refractivity contribution in [2.75, 3.05) is 25.7 Å². The Bertz CT molecular complexity index is 1570. The van der Waals surface area contributed by atoms with Crippen molar-refractivity contribution in [3.8, 4) is 0 Å². The number of hydrogen-bond acceptors (Lipinski definition) is 9. The number of thiazole rings is 1. The third kappa shape index (κ3) is 5.34. The molecule has 0 radical (unpaired) electrons. The van der Waals surface area contributed by atoms with E-state index in [2.05, 4.69) is 0 Å². The number of fused-ring (bicyclic) bond motifs is 1. The lowest BCUT2D eigenvalue weighted by Crippen LogP contribution is -2.42. The number of esters is 2. The fraction of sp³-hybridized carbons (Fsp3) is 0.250. The molecule has 2 aromatic carbocycles. The molecule has 0 aliphatic carbocycles. The van der Waals surface area contributed by atoms with Gasteiger partial charge in [-0.05, 0) is 67.8 Å². The van der Waals surface area contributed by atoms with E-state index in [0.29, 0.717) is 14.8 Å². The number of rotatable bonds is 8. The fourth-order valence-corrected chi connectivity index (χ4v) is 6.23.